The maximum absolute atomic E-state index is 11.7. The van der Waals surface area contributed by atoms with Crippen LogP contribution in [-0.4, -0.2) is 24.7 Å². The first-order valence-electron chi connectivity index (χ1n) is 7.38. The van der Waals surface area contributed by atoms with Crippen molar-refractivity contribution in [3.63, 3.8) is 0 Å². The predicted octanol–water partition coefficient (Wildman–Crippen LogP) is 3.31. The van der Waals surface area contributed by atoms with Crippen LogP contribution in [0.5, 0.6) is 0 Å². The molecule has 0 amide bonds. The monoisotopic (exact) mass is 328 g/mol. The highest BCUT2D eigenvalue weighted by Gasteiger charge is 2.12. The van der Waals surface area contributed by atoms with Gasteiger partial charge < -0.3 is 15.4 Å². The van der Waals surface area contributed by atoms with Crippen LogP contribution in [0.25, 0.3) is 0 Å². The van der Waals surface area contributed by atoms with Crippen molar-refractivity contribution in [3.8, 4) is 0 Å². The van der Waals surface area contributed by atoms with E-state index in [1.165, 1.54) is 12.7 Å². The molecule has 0 atom stereocenters. The summed E-state index contributed by atoms with van der Waals surface area (Å²) in [6.07, 6.45) is 0.893. The number of rotatable bonds is 5. The summed E-state index contributed by atoms with van der Waals surface area (Å²) in [5, 5.41) is 6.84. The van der Waals surface area contributed by atoms with Gasteiger partial charge in [0.25, 0.3) is 0 Å². The summed E-state index contributed by atoms with van der Waals surface area (Å²) in [4.78, 5) is 11.7. The van der Waals surface area contributed by atoms with E-state index in [0.29, 0.717) is 10.7 Å². The van der Waals surface area contributed by atoms with Crippen molar-refractivity contribution in [2.45, 2.75) is 13.3 Å². The average molecular weight is 328 g/mol. The van der Waals surface area contributed by atoms with Gasteiger partial charge in [0.1, 0.15) is 0 Å². The second-order valence-corrected chi connectivity index (χ2v) is 5.49. The number of methoxy groups -OCH3 is 1. The summed E-state index contributed by atoms with van der Waals surface area (Å²) >= 11 is 5.31. The van der Waals surface area contributed by atoms with Crippen molar-refractivity contribution >= 4 is 29.0 Å². The van der Waals surface area contributed by atoms with E-state index in [4.69, 9.17) is 17.0 Å². The fraction of sp³-hybridized carbons (Fsp3) is 0.222. The third kappa shape index (κ3) is 4.79. The van der Waals surface area contributed by atoms with E-state index in [1.54, 1.807) is 12.1 Å². The molecular weight excluding hydrogens is 308 g/mol. The number of thiocarbonyl (C=S) groups is 1. The molecule has 0 saturated heterocycles. The van der Waals surface area contributed by atoms with E-state index in [9.17, 15) is 4.79 Å². The lowest BCUT2D eigenvalue weighted by molar-refractivity contribution is 0.0600. The normalized spacial score (nSPS) is 10.0. The zero-order chi connectivity index (χ0) is 16.7. The maximum Gasteiger partial charge on any atom is 0.338 e. The van der Waals surface area contributed by atoms with Gasteiger partial charge in [0.15, 0.2) is 5.11 Å². The fourth-order valence-corrected chi connectivity index (χ4v) is 2.45. The largest absolute Gasteiger partial charge is 0.465 e. The SMILES string of the molecule is COC(=O)c1cccc(NC(=S)NCCc2ccccc2)c1C. The zero-order valence-corrected chi connectivity index (χ0v) is 14.1. The number of anilines is 1. The van der Waals surface area contributed by atoms with Crippen LogP contribution in [0.2, 0.25) is 0 Å². The number of esters is 1. The van der Waals surface area contributed by atoms with Crippen LogP contribution < -0.4 is 10.6 Å². The number of benzene rings is 2. The molecule has 0 aliphatic carbocycles. The molecule has 120 valence electrons. The van der Waals surface area contributed by atoms with Crippen LogP contribution >= 0.6 is 12.2 Å². The van der Waals surface area contributed by atoms with Crippen LogP contribution in [-0.2, 0) is 11.2 Å². The lowest BCUT2D eigenvalue weighted by Crippen LogP contribution is -2.30. The first-order chi connectivity index (χ1) is 11.1. The highest BCUT2D eigenvalue weighted by atomic mass is 32.1. The summed E-state index contributed by atoms with van der Waals surface area (Å²) < 4.78 is 4.78. The lowest BCUT2D eigenvalue weighted by Gasteiger charge is -2.14. The topological polar surface area (TPSA) is 50.4 Å². The minimum atomic E-state index is -0.353. The molecule has 0 saturated carbocycles. The highest BCUT2D eigenvalue weighted by Crippen LogP contribution is 2.19. The van der Waals surface area contributed by atoms with Gasteiger partial charge >= 0.3 is 5.97 Å². The Hall–Kier alpha value is -2.40. The Morgan fingerprint density at radius 3 is 2.57 bits per heavy atom. The second kappa shape index (κ2) is 8.29. The van der Waals surface area contributed by atoms with Gasteiger partial charge in [-0.1, -0.05) is 36.4 Å². The molecule has 2 rings (SSSR count). The molecule has 0 unspecified atom stereocenters. The first-order valence-corrected chi connectivity index (χ1v) is 7.79. The summed E-state index contributed by atoms with van der Waals surface area (Å²) in [5.74, 6) is -0.353. The molecule has 2 N–H and O–H groups in total. The van der Waals surface area contributed by atoms with E-state index in [-0.39, 0.29) is 5.97 Å². The van der Waals surface area contributed by atoms with E-state index < -0.39 is 0 Å². The number of carbonyl (C=O) groups excluding carboxylic acids is 1. The number of nitrogens with one attached hydrogen (secondary N) is 2. The molecule has 0 spiro atoms. The van der Waals surface area contributed by atoms with Crippen molar-refractivity contribution in [1.82, 2.24) is 5.32 Å². The van der Waals surface area contributed by atoms with Crippen molar-refractivity contribution in [3.05, 3.63) is 65.2 Å². The number of hydrogen-bond donors (Lipinski definition) is 2. The molecule has 0 aromatic heterocycles. The molecule has 2 aromatic carbocycles. The molecule has 5 heteroatoms. The van der Waals surface area contributed by atoms with Crippen LogP contribution in [0, 0.1) is 6.92 Å². The molecule has 0 fully saturated rings. The molecule has 0 bridgehead atoms. The Kier molecular flexibility index (Phi) is 6.11. The van der Waals surface area contributed by atoms with Gasteiger partial charge in [-0.05, 0) is 48.8 Å². The Labute approximate surface area is 141 Å². The minimum absolute atomic E-state index is 0.353. The Morgan fingerprint density at radius 1 is 1.13 bits per heavy atom. The van der Waals surface area contributed by atoms with Crippen molar-refractivity contribution < 1.29 is 9.53 Å². The van der Waals surface area contributed by atoms with Crippen molar-refractivity contribution in [1.29, 1.82) is 0 Å². The van der Waals surface area contributed by atoms with Gasteiger partial charge in [-0.2, -0.15) is 0 Å². The molecule has 0 radical (unpaired) electrons. The summed E-state index contributed by atoms with van der Waals surface area (Å²) in [7, 11) is 1.37. The highest BCUT2D eigenvalue weighted by molar-refractivity contribution is 7.80. The lowest BCUT2D eigenvalue weighted by atomic mass is 10.1. The Balaban J connectivity index is 1.91. The van der Waals surface area contributed by atoms with Gasteiger partial charge in [-0.25, -0.2) is 4.79 Å². The average Bonchev–Trinajstić information content (AvgIpc) is 2.57. The quantitative estimate of drug-likeness (QED) is 0.651. The van der Waals surface area contributed by atoms with Crippen LogP contribution in [0.3, 0.4) is 0 Å². The standard InChI is InChI=1S/C18H20N2O2S/c1-13-15(17(21)22-2)9-6-10-16(13)20-18(23)19-12-11-14-7-4-3-5-8-14/h3-10H,11-12H2,1-2H3,(H2,19,20,23). The van der Waals surface area contributed by atoms with E-state index in [2.05, 4.69) is 22.8 Å². The predicted molar refractivity (Wildman–Crippen MR) is 96.9 cm³/mol. The molecule has 4 nitrogen and oxygen atoms in total. The number of ether oxygens (including phenoxy) is 1. The molecule has 0 aliphatic heterocycles. The molecule has 2 aromatic rings. The van der Waals surface area contributed by atoms with Gasteiger partial charge in [-0.15, -0.1) is 0 Å². The van der Waals surface area contributed by atoms with Crippen molar-refractivity contribution in [2.75, 3.05) is 19.0 Å². The van der Waals surface area contributed by atoms with Gasteiger partial charge in [0.2, 0.25) is 0 Å². The summed E-state index contributed by atoms with van der Waals surface area (Å²) in [6.45, 7) is 2.60. The van der Waals surface area contributed by atoms with E-state index in [0.717, 1.165) is 24.2 Å². The van der Waals surface area contributed by atoms with Gasteiger partial charge in [0.05, 0.1) is 12.7 Å². The molecule has 0 heterocycles. The maximum atomic E-state index is 11.7. The smallest absolute Gasteiger partial charge is 0.338 e. The van der Waals surface area contributed by atoms with E-state index in [1.807, 2.05) is 31.2 Å². The summed E-state index contributed by atoms with van der Waals surface area (Å²) in [6, 6.07) is 15.6. The minimum Gasteiger partial charge on any atom is -0.465 e. The molecule has 23 heavy (non-hydrogen) atoms. The first kappa shape index (κ1) is 17.0. The number of hydrogen-bond acceptors (Lipinski definition) is 3. The summed E-state index contributed by atoms with van der Waals surface area (Å²) in [5.41, 5.74) is 3.40. The third-order valence-electron chi connectivity index (χ3n) is 3.53. The van der Waals surface area contributed by atoms with Crippen molar-refractivity contribution in [2.24, 2.45) is 0 Å². The Bertz CT molecular complexity index is 687. The van der Waals surface area contributed by atoms with Crippen LogP contribution in [0.1, 0.15) is 21.5 Å². The Morgan fingerprint density at radius 2 is 1.87 bits per heavy atom. The third-order valence-corrected chi connectivity index (χ3v) is 3.78. The van der Waals surface area contributed by atoms with E-state index >= 15 is 0 Å². The molecule has 0 aliphatic rings. The van der Waals surface area contributed by atoms with Crippen LogP contribution in [0.4, 0.5) is 5.69 Å². The van der Waals surface area contributed by atoms with Crippen LogP contribution in [0.15, 0.2) is 48.5 Å². The zero-order valence-electron chi connectivity index (χ0n) is 13.3. The van der Waals surface area contributed by atoms with Gasteiger partial charge in [0, 0.05) is 12.2 Å². The fourth-order valence-electron chi connectivity index (χ4n) is 2.23. The molecular formula is C18H20N2O2S. The number of carbonyl (C=O) groups is 1. The second-order valence-electron chi connectivity index (χ2n) is 5.09. The van der Waals surface area contributed by atoms with Gasteiger partial charge in [-0.3, -0.25) is 0 Å².